The van der Waals surface area contributed by atoms with Gasteiger partial charge in [-0.25, -0.2) is 4.79 Å². The molecule has 28 heavy (non-hydrogen) atoms. The molecular weight excluding hydrogens is 358 g/mol. The second kappa shape index (κ2) is 8.67. The number of carbonyl (C=O) groups is 1. The van der Waals surface area contributed by atoms with Crippen molar-refractivity contribution in [2.75, 3.05) is 20.3 Å². The van der Waals surface area contributed by atoms with Crippen molar-refractivity contribution in [2.24, 2.45) is 0 Å². The largest absolute Gasteiger partial charge is 0.383 e. The molecule has 0 aliphatic heterocycles. The molecule has 7 nitrogen and oxygen atoms in total. The van der Waals surface area contributed by atoms with Crippen LogP contribution >= 0.6 is 0 Å². The lowest BCUT2D eigenvalue weighted by atomic mass is 10.1. The van der Waals surface area contributed by atoms with Gasteiger partial charge in [-0.1, -0.05) is 29.8 Å². The molecule has 1 heterocycles. The predicted molar refractivity (Wildman–Crippen MR) is 108 cm³/mol. The van der Waals surface area contributed by atoms with E-state index in [9.17, 15) is 14.4 Å². The number of hydrogen-bond acceptors (Lipinski definition) is 4. The third kappa shape index (κ3) is 4.37. The van der Waals surface area contributed by atoms with E-state index in [0.717, 1.165) is 16.6 Å². The number of methoxy groups -OCH3 is 1. The van der Waals surface area contributed by atoms with Crippen molar-refractivity contribution in [2.45, 2.75) is 19.9 Å². The van der Waals surface area contributed by atoms with Crippen LogP contribution in [-0.4, -0.2) is 35.7 Å². The number of rotatable bonds is 7. The van der Waals surface area contributed by atoms with Gasteiger partial charge in [-0.05, 0) is 37.1 Å². The molecule has 3 aromatic rings. The van der Waals surface area contributed by atoms with Crippen LogP contribution in [0.5, 0.6) is 0 Å². The van der Waals surface area contributed by atoms with Crippen LogP contribution in [0.3, 0.4) is 0 Å². The van der Waals surface area contributed by atoms with E-state index < -0.39 is 11.2 Å². The molecule has 2 aromatic carbocycles. The van der Waals surface area contributed by atoms with Crippen molar-refractivity contribution in [1.29, 1.82) is 0 Å². The van der Waals surface area contributed by atoms with E-state index in [1.54, 1.807) is 12.1 Å². The molecule has 0 saturated carbocycles. The minimum Gasteiger partial charge on any atom is -0.383 e. The molecule has 146 valence electrons. The fourth-order valence-electron chi connectivity index (χ4n) is 2.96. The van der Waals surface area contributed by atoms with Crippen molar-refractivity contribution in [3.63, 3.8) is 0 Å². The van der Waals surface area contributed by atoms with E-state index in [2.05, 4.69) is 10.3 Å². The third-order valence-electron chi connectivity index (χ3n) is 4.58. The van der Waals surface area contributed by atoms with Crippen molar-refractivity contribution >= 4 is 16.8 Å². The quantitative estimate of drug-likeness (QED) is 0.650. The number of benzene rings is 2. The van der Waals surface area contributed by atoms with Crippen LogP contribution in [0.25, 0.3) is 10.9 Å². The Morgan fingerprint density at radius 3 is 2.61 bits per heavy atom. The Morgan fingerprint density at radius 1 is 1.14 bits per heavy atom. The zero-order valence-electron chi connectivity index (χ0n) is 16.0. The monoisotopic (exact) mass is 381 g/mol. The second-order valence-corrected chi connectivity index (χ2v) is 6.63. The molecule has 3 rings (SSSR count). The lowest BCUT2D eigenvalue weighted by Gasteiger charge is -2.08. The highest BCUT2D eigenvalue weighted by Gasteiger charge is 2.11. The molecule has 0 aliphatic carbocycles. The molecule has 1 amide bonds. The van der Waals surface area contributed by atoms with Crippen LogP contribution in [0.2, 0.25) is 0 Å². The van der Waals surface area contributed by atoms with Crippen LogP contribution in [0, 0.1) is 6.92 Å². The van der Waals surface area contributed by atoms with E-state index in [0.29, 0.717) is 23.0 Å². The third-order valence-corrected chi connectivity index (χ3v) is 4.58. The minimum absolute atomic E-state index is 0.169. The van der Waals surface area contributed by atoms with Crippen LogP contribution in [0.15, 0.2) is 52.1 Å². The zero-order valence-corrected chi connectivity index (χ0v) is 16.0. The van der Waals surface area contributed by atoms with Gasteiger partial charge in [0.25, 0.3) is 11.5 Å². The number of nitrogens with one attached hydrogen (secondary N) is 2. The summed E-state index contributed by atoms with van der Waals surface area (Å²) in [6, 6.07) is 12.8. The van der Waals surface area contributed by atoms with E-state index in [-0.39, 0.29) is 19.1 Å². The summed E-state index contributed by atoms with van der Waals surface area (Å²) in [5.41, 5.74) is 2.15. The van der Waals surface area contributed by atoms with Crippen molar-refractivity contribution in [3.05, 3.63) is 80.0 Å². The van der Waals surface area contributed by atoms with Crippen LogP contribution in [-0.2, 0) is 17.7 Å². The highest BCUT2D eigenvalue weighted by atomic mass is 16.5. The van der Waals surface area contributed by atoms with Gasteiger partial charge in [-0.2, -0.15) is 0 Å². The van der Waals surface area contributed by atoms with Gasteiger partial charge >= 0.3 is 5.69 Å². The molecule has 0 fully saturated rings. The van der Waals surface area contributed by atoms with Gasteiger partial charge in [0.05, 0.1) is 24.1 Å². The summed E-state index contributed by atoms with van der Waals surface area (Å²) in [5.74, 6) is -0.251. The molecule has 0 radical (unpaired) electrons. The molecule has 0 atom stereocenters. The first kappa shape index (κ1) is 19.6. The maximum absolute atomic E-state index is 12.5. The first-order chi connectivity index (χ1) is 13.5. The highest BCUT2D eigenvalue weighted by molar-refractivity contribution is 5.97. The van der Waals surface area contributed by atoms with Gasteiger partial charge in [-0.15, -0.1) is 0 Å². The first-order valence-corrected chi connectivity index (χ1v) is 9.09. The summed E-state index contributed by atoms with van der Waals surface area (Å²) in [4.78, 5) is 39.7. The fourth-order valence-corrected chi connectivity index (χ4v) is 2.96. The van der Waals surface area contributed by atoms with Gasteiger partial charge in [0.2, 0.25) is 0 Å². The van der Waals surface area contributed by atoms with E-state index in [4.69, 9.17) is 4.74 Å². The molecular formula is C21H23N3O4. The number of aromatic amines is 1. The number of carbonyl (C=O) groups excluding carboxylic acids is 1. The molecule has 0 spiro atoms. The molecule has 0 aliphatic rings. The lowest BCUT2D eigenvalue weighted by molar-refractivity contribution is 0.0954. The first-order valence-electron chi connectivity index (χ1n) is 9.09. The van der Waals surface area contributed by atoms with Crippen molar-refractivity contribution < 1.29 is 9.53 Å². The lowest BCUT2D eigenvalue weighted by Crippen LogP contribution is -2.36. The zero-order chi connectivity index (χ0) is 20.1. The number of aryl methyl sites for hydroxylation is 1. The van der Waals surface area contributed by atoms with Gasteiger partial charge in [0.15, 0.2) is 0 Å². The van der Waals surface area contributed by atoms with Crippen LogP contribution < -0.4 is 16.6 Å². The van der Waals surface area contributed by atoms with Gasteiger partial charge in [0.1, 0.15) is 0 Å². The second-order valence-electron chi connectivity index (χ2n) is 6.63. The summed E-state index contributed by atoms with van der Waals surface area (Å²) in [6.07, 6.45) is 0.723. The Kier molecular flexibility index (Phi) is 6.06. The molecule has 2 N–H and O–H groups in total. The van der Waals surface area contributed by atoms with Crippen LogP contribution in [0.4, 0.5) is 0 Å². The number of ether oxygens (including phenoxy) is 1. The van der Waals surface area contributed by atoms with Gasteiger partial charge in [-0.3, -0.25) is 14.2 Å². The minimum atomic E-state index is -0.522. The number of aromatic nitrogens is 2. The van der Waals surface area contributed by atoms with Gasteiger partial charge < -0.3 is 15.0 Å². The topological polar surface area (TPSA) is 93.2 Å². The molecule has 7 heteroatoms. The Bertz CT molecular complexity index is 1100. The standard InChI is InChI=1S/C21H23N3O4/c1-14-3-5-15(6-4-14)9-10-22-19(25)16-7-8-17-18(13-16)23-21(27)24(20(17)26)11-12-28-2/h3-8,13H,9-12H2,1-2H3,(H,22,25)(H,23,27). The molecule has 1 aromatic heterocycles. The molecule has 0 unspecified atom stereocenters. The SMILES string of the molecule is COCCn1c(=O)[nH]c2cc(C(=O)NCCc3ccc(C)cc3)ccc2c1=O. The molecule has 0 bridgehead atoms. The summed E-state index contributed by atoms with van der Waals surface area (Å²) in [5, 5.41) is 3.22. The Morgan fingerprint density at radius 2 is 1.89 bits per heavy atom. The summed E-state index contributed by atoms with van der Waals surface area (Å²) < 4.78 is 6.02. The number of hydrogen-bond donors (Lipinski definition) is 2. The van der Waals surface area contributed by atoms with Gasteiger partial charge in [0, 0.05) is 19.2 Å². The normalized spacial score (nSPS) is 10.9. The van der Waals surface area contributed by atoms with Crippen molar-refractivity contribution in [3.8, 4) is 0 Å². The maximum Gasteiger partial charge on any atom is 0.328 e. The molecule has 0 saturated heterocycles. The number of H-pyrrole nitrogens is 1. The highest BCUT2D eigenvalue weighted by Crippen LogP contribution is 2.09. The van der Waals surface area contributed by atoms with Crippen LogP contribution in [0.1, 0.15) is 21.5 Å². The van der Waals surface area contributed by atoms with E-state index >= 15 is 0 Å². The number of fused-ring (bicyclic) bond motifs is 1. The Hall–Kier alpha value is -3.19. The maximum atomic E-state index is 12.5. The summed E-state index contributed by atoms with van der Waals surface area (Å²) in [6.45, 7) is 2.95. The van der Waals surface area contributed by atoms with E-state index in [1.807, 2.05) is 31.2 Å². The van der Waals surface area contributed by atoms with Crippen molar-refractivity contribution in [1.82, 2.24) is 14.9 Å². The number of amides is 1. The number of nitrogens with zero attached hydrogens (tertiary/aromatic N) is 1. The Balaban J connectivity index is 1.74. The van der Waals surface area contributed by atoms with E-state index in [1.165, 1.54) is 18.7 Å². The fraction of sp³-hybridized carbons (Fsp3) is 0.286. The summed E-state index contributed by atoms with van der Waals surface area (Å²) >= 11 is 0. The predicted octanol–water partition coefficient (Wildman–Crippen LogP) is 1.62. The average Bonchev–Trinajstić information content (AvgIpc) is 2.69. The summed E-state index contributed by atoms with van der Waals surface area (Å²) in [7, 11) is 1.50. The smallest absolute Gasteiger partial charge is 0.328 e. The Labute approximate surface area is 162 Å². The average molecular weight is 381 g/mol.